The molecule has 0 aliphatic carbocycles. The maximum atomic E-state index is 10.7. The molecule has 0 saturated carbocycles. The van der Waals surface area contributed by atoms with Crippen LogP contribution in [-0.4, -0.2) is 18.3 Å². The highest BCUT2D eigenvalue weighted by Gasteiger charge is 2.21. The van der Waals surface area contributed by atoms with Crippen molar-refractivity contribution in [3.05, 3.63) is 33.4 Å². The van der Waals surface area contributed by atoms with E-state index in [1.54, 1.807) is 6.07 Å². The van der Waals surface area contributed by atoms with Gasteiger partial charge >= 0.3 is 5.69 Å². The average molecular weight is 206 g/mol. The topological polar surface area (TPSA) is 93.2 Å². The minimum absolute atomic E-state index is 0.0486. The number of hydrogen-bond donors (Lipinski definition) is 0. The number of methoxy groups -OCH3 is 1. The van der Waals surface area contributed by atoms with Gasteiger partial charge in [0.2, 0.25) is 5.75 Å². The van der Waals surface area contributed by atoms with Gasteiger partial charge in [-0.3, -0.25) is 14.9 Å². The highest BCUT2D eigenvalue weighted by atomic mass is 16.6. The van der Waals surface area contributed by atoms with Crippen LogP contribution in [0.2, 0.25) is 0 Å². The maximum Gasteiger partial charge on any atom is 0.311 e. The molecule has 1 rings (SSSR count). The Kier molecular flexibility index (Phi) is 2.98. The van der Waals surface area contributed by atoms with E-state index in [1.165, 1.54) is 13.2 Å². The molecular weight excluding hydrogens is 200 g/mol. The zero-order valence-corrected chi connectivity index (χ0v) is 7.76. The van der Waals surface area contributed by atoms with Crippen molar-refractivity contribution in [2.24, 2.45) is 0 Å². The Morgan fingerprint density at radius 1 is 1.60 bits per heavy atom. The standard InChI is InChI=1S/C9H6N2O4/c1-15-9-7(5-12)6(4-10)2-3-8(9)11(13)14/h2-3,5H,1H3. The van der Waals surface area contributed by atoms with E-state index in [-0.39, 0.29) is 22.6 Å². The van der Waals surface area contributed by atoms with Crippen molar-refractivity contribution in [3.63, 3.8) is 0 Å². The van der Waals surface area contributed by atoms with Gasteiger partial charge in [0.15, 0.2) is 6.29 Å². The van der Waals surface area contributed by atoms with Gasteiger partial charge < -0.3 is 4.74 Å². The largest absolute Gasteiger partial charge is 0.490 e. The molecule has 0 radical (unpaired) electrons. The number of rotatable bonds is 3. The molecule has 1 aromatic rings. The van der Waals surface area contributed by atoms with E-state index in [2.05, 4.69) is 0 Å². The molecule has 6 heteroatoms. The summed E-state index contributed by atoms with van der Waals surface area (Å²) in [6.45, 7) is 0. The normalized spacial score (nSPS) is 9.07. The van der Waals surface area contributed by atoms with Gasteiger partial charge in [-0.1, -0.05) is 0 Å². The summed E-state index contributed by atoms with van der Waals surface area (Å²) in [5, 5.41) is 19.2. The van der Waals surface area contributed by atoms with Crippen LogP contribution in [0.25, 0.3) is 0 Å². The van der Waals surface area contributed by atoms with Crippen molar-refractivity contribution >= 4 is 12.0 Å². The van der Waals surface area contributed by atoms with Crippen molar-refractivity contribution in [2.45, 2.75) is 0 Å². The summed E-state index contributed by atoms with van der Waals surface area (Å²) in [7, 11) is 1.20. The molecule has 0 atom stereocenters. The SMILES string of the molecule is COc1c([N+](=O)[O-])ccc(C#N)c1C=O. The fraction of sp³-hybridized carbons (Fsp3) is 0.111. The monoisotopic (exact) mass is 206 g/mol. The Bertz CT molecular complexity index is 462. The first-order chi connectivity index (χ1) is 7.15. The first-order valence-electron chi connectivity index (χ1n) is 3.86. The van der Waals surface area contributed by atoms with E-state index in [0.29, 0.717) is 6.29 Å². The lowest BCUT2D eigenvalue weighted by molar-refractivity contribution is -0.385. The van der Waals surface area contributed by atoms with Crippen LogP contribution in [0.4, 0.5) is 5.69 Å². The van der Waals surface area contributed by atoms with Crippen molar-refractivity contribution in [3.8, 4) is 11.8 Å². The van der Waals surface area contributed by atoms with E-state index in [9.17, 15) is 14.9 Å². The Labute approximate surface area is 84.8 Å². The molecular formula is C9H6N2O4. The van der Waals surface area contributed by atoms with Crippen LogP contribution in [0.15, 0.2) is 12.1 Å². The molecule has 15 heavy (non-hydrogen) atoms. The summed E-state index contributed by atoms with van der Waals surface area (Å²) < 4.78 is 4.75. The molecule has 0 spiro atoms. The van der Waals surface area contributed by atoms with Gasteiger partial charge in [0.1, 0.15) is 6.07 Å². The molecule has 0 aliphatic rings. The summed E-state index contributed by atoms with van der Waals surface area (Å²) >= 11 is 0. The summed E-state index contributed by atoms with van der Waals surface area (Å²) in [6.07, 6.45) is 0.365. The fourth-order valence-corrected chi connectivity index (χ4v) is 1.16. The van der Waals surface area contributed by atoms with Crippen molar-refractivity contribution in [1.82, 2.24) is 0 Å². The Balaban J connectivity index is 3.56. The number of ether oxygens (including phenoxy) is 1. The number of aldehydes is 1. The number of nitrogens with zero attached hydrogens (tertiary/aromatic N) is 2. The molecule has 0 N–H and O–H groups in total. The van der Waals surface area contributed by atoms with Gasteiger partial charge in [-0.25, -0.2) is 0 Å². The third kappa shape index (κ3) is 1.76. The van der Waals surface area contributed by atoms with Crippen LogP contribution in [0, 0.1) is 21.4 Å². The van der Waals surface area contributed by atoms with Crippen LogP contribution >= 0.6 is 0 Å². The van der Waals surface area contributed by atoms with Gasteiger partial charge in [-0.2, -0.15) is 5.26 Å². The van der Waals surface area contributed by atoms with Crippen LogP contribution < -0.4 is 4.74 Å². The lowest BCUT2D eigenvalue weighted by Gasteiger charge is -2.04. The fourth-order valence-electron chi connectivity index (χ4n) is 1.16. The summed E-state index contributed by atoms with van der Waals surface area (Å²) in [4.78, 5) is 20.6. The Morgan fingerprint density at radius 3 is 2.67 bits per heavy atom. The number of carbonyl (C=O) groups excluding carboxylic acids is 1. The van der Waals surface area contributed by atoms with Crippen LogP contribution in [0.5, 0.6) is 5.75 Å². The van der Waals surface area contributed by atoms with Crippen LogP contribution in [0.3, 0.4) is 0 Å². The molecule has 0 bridgehead atoms. The third-order valence-electron chi connectivity index (χ3n) is 1.81. The second-order valence-corrected chi connectivity index (χ2v) is 2.57. The molecule has 76 valence electrons. The van der Waals surface area contributed by atoms with Gasteiger partial charge in [0.25, 0.3) is 0 Å². The smallest absolute Gasteiger partial charge is 0.311 e. The third-order valence-corrected chi connectivity index (χ3v) is 1.81. The first kappa shape index (κ1) is 10.7. The van der Waals surface area contributed by atoms with E-state index in [0.717, 1.165) is 6.07 Å². The molecule has 0 heterocycles. The number of carbonyl (C=O) groups is 1. The van der Waals surface area contributed by atoms with E-state index in [1.807, 2.05) is 0 Å². The molecule has 6 nitrogen and oxygen atoms in total. The summed E-state index contributed by atoms with van der Waals surface area (Å²) in [5.41, 5.74) is -0.389. The van der Waals surface area contributed by atoms with Gasteiger partial charge in [-0.05, 0) is 6.07 Å². The lowest BCUT2D eigenvalue weighted by atomic mass is 10.1. The number of nitro benzene ring substituents is 1. The molecule has 0 amide bonds. The number of nitro groups is 1. The second kappa shape index (κ2) is 4.19. The van der Waals surface area contributed by atoms with Crippen molar-refractivity contribution < 1.29 is 14.5 Å². The van der Waals surface area contributed by atoms with Crippen molar-refractivity contribution in [1.29, 1.82) is 5.26 Å². The minimum Gasteiger partial charge on any atom is -0.490 e. The zero-order chi connectivity index (χ0) is 11.4. The average Bonchev–Trinajstić information content (AvgIpc) is 2.26. The van der Waals surface area contributed by atoms with Crippen LogP contribution in [-0.2, 0) is 0 Å². The quantitative estimate of drug-likeness (QED) is 0.422. The van der Waals surface area contributed by atoms with Gasteiger partial charge in [0, 0.05) is 6.07 Å². The van der Waals surface area contributed by atoms with Crippen molar-refractivity contribution in [2.75, 3.05) is 7.11 Å². The predicted molar refractivity (Wildman–Crippen MR) is 49.8 cm³/mol. The first-order valence-corrected chi connectivity index (χ1v) is 3.86. The van der Waals surface area contributed by atoms with Gasteiger partial charge in [0.05, 0.1) is 23.2 Å². The Hall–Kier alpha value is -2.42. The molecule has 0 unspecified atom stereocenters. The van der Waals surface area contributed by atoms with E-state index >= 15 is 0 Å². The summed E-state index contributed by atoms with van der Waals surface area (Å²) in [6, 6.07) is 4.10. The molecule has 1 aromatic carbocycles. The lowest BCUT2D eigenvalue weighted by Crippen LogP contribution is -1.99. The predicted octanol–water partition coefficient (Wildman–Crippen LogP) is 1.29. The number of hydrogen-bond acceptors (Lipinski definition) is 5. The van der Waals surface area contributed by atoms with E-state index in [4.69, 9.17) is 10.00 Å². The minimum atomic E-state index is -0.674. The van der Waals surface area contributed by atoms with Crippen LogP contribution in [0.1, 0.15) is 15.9 Å². The zero-order valence-electron chi connectivity index (χ0n) is 7.76. The number of benzene rings is 1. The molecule has 0 aliphatic heterocycles. The van der Waals surface area contributed by atoms with E-state index < -0.39 is 4.92 Å². The maximum absolute atomic E-state index is 10.7. The summed E-state index contributed by atoms with van der Waals surface area (Å²) in [5.74, 6) is -0.186. The highest BCUT2D eigenvalue weighted by molar-refractivity contribution is 5.86. The molecule has 0 fully saturated rings. The second-order valence-electron chi connectivity index (χ2n) is 2.57. The highest BCUT2D eigenvalue weighted by Crippen LogP contribution is 2.31. The number of nitriles is 1. The Morgan fingerprint density at radius 2 is 2.27 bits per heavy atom. The van der Waals surface area contributed by atoms with Gasteiger partial charge in [-0.15, -0.1) is 0 Å². The molecule has 0 aromatic heterocycles. The molecule has 0 saturated heterocycles.